The third-order valence-corrected chi connectivity index (χ3v) is 2.41. The molecule has 0 aliphatic heterocycles. The number of carbonyl (C=O) groups is 2. The average molecular weight is 257 g/mol. The predicted octanol–water partition coefficient (Wildman–Crippen LogP) is 2.17. The highest BCUT2D eigenvalue weighted by Gasteiger charge is 2.30. The van der Waals surface area contributed by atoms with Gasteiger partial charge < -0.3 is 10.4 Å². The molecule has 1 aromatic rings. The predicted molar refractivity (Wildman–Crippen MR) is 63.9 cm³/mol. The molecule has 0 spiro atoms. The number of amides is 1. The zero-order valence-corrected chi connectivity index (χ0v) is 10.3. The van der Waals surface area contributed by atoms with Crippen molar-refractivity contribution in [3.63, 3.8) is 0 Å². The maximum absolute atomic E-state index is 11.6. The molecule has 1 heterocycles. The molecule has 0 atom stereocenters. The van der Waals surface area contributed by atoms with Crippen LogP contribution in [-0.2, 0) is 9.59 Å². The van der Waals surface area contributed by atoms with E-state index in [0.717, 1.165) is 0 Å². The molecule has 1 aromatic heterocycles. The first-order valence-corrected chi connectivity index (χ1v) is 5.34. The van der Waals surface area contributed by atoms with Gasteiger partial charge in [0.05, 0.1) is 5.41 Å². The lowest BCUT2D eigenvalue weighted by Crippen LogP contribution is -2.29. The number of halogens is 1. The molecule has 6 heteroatoms. The number of aliphatic carboxylic acids is 1. The Morgan fingerprint density at radius 2 is 2.18 bits per heavy atom. The van der Waals surface area contributed by atoms with E-state index in [1.54, 1.807) is 6.07 Å². The number of nitrogens with one attached hydrogen (secondary N) is 1. The fourth-order valence-electron chi connectivity index (χ4n) is 1.14. The van der Waals surface area contributed by atoms with E-state index in [1.807, 2.05) is 0 Å². The van der Waals surface area contributed by atoms with Gasteiger partial charge in [-0.2, -0.15) is 0 Å². The summed E-state index contributed by atoms with van der Waals surface area (Å²) in [6.07, 6.45) is 1.33. The van der Waals surface area contributed by atoms with Gasteiger partial charge in [-0.1, -0.05) is 11.6 Å². The molecule has 0 saturated carbocycles. The molecule has 2 N–H and O–H groups in total. The number of hydrogen-bond acceptors (Lipinski definition) is 3. The fraction of sp³-hybridized carbons (Fsp3) is 0.364. The molecule has 92 valence electrons. The maximum Gasteiger partial charge on any atom is 0.309 e. The van der Waals surface area contributed by atoms with E-state index in [-0.39, 0.29) is 6.42 Å². The Balaban J connectivity index is 2.65. The van der Waals surface area contributed by atoms with Gasteiger partial charge in [-0.05, 0) is 26.0 Å². The van der Waals surface area contributed by atoms with Gasteiger partial charge in [0.15, 0.2) is 0 Å². The van der Waals surface area contributed by atoms with Crippen molar-refractivity contribution < 1.29 is 14.7 Å². The summed E-state index contributed by atoms with van der Waals surface area (Å²) in [4.78, 5) is 26.3. The zero-order chi connectivity index (χ0) is 13.1. The minimum Gasteiger partial charge on any atom is -0.481 e. The second kappa shape index (κ2) is 5.14. The number of aromatic nitrogens is 1. The van der Waals surface area contributed by atoms with Crippen molar-refractivity contribution in [2.75, 3.05) is 5.32 Å². The Labute approximate surface area is 104 Å². The molecule has 1 rings (SSSR count). The van der Waals surface area contributed by atoms with Crippen LogP contribution in [0.25, 0.3) is 0 Å². The molecular formula is C11H13ClN2O3. The first kappa shape index (κ1) is 13.4. The molecule has 0 aliphatic carbocycles. The first-order chi connectivity index (χ1) is 7.81. The van der Waals surface area contributed by atoms with Crippen molar-refractivity contribution in [1.29, 1.82) is 0 Å². The van der Waals surface area contributed by atoms with Gasteiger partial charge in [-0.25, -0.2) is 4.98 Å². The quantitative estimate of drug-likeness (QED) is 0.865. The number of nitrogens with zero attached hydrogens (tertiary/aromatic N) is 1. The Morgan fingerprint density at radius 1 is 1.53 bits per heavy atom. The maximum atomic E-state index is 11.6. The smallest absolute Gasteiger partial charge is 0.309 e. The number of carboxylic acid groups (broad SMARTS) is 1. The van der Waals surface area contributed by atoms with Gasteiger partial charge in [-0.3, -0.25) is 9.59 Å². The lowest BCUT2D eigenvalue weighted by atomic mass is 9.89. The number of anilines is 1. The van der Waals surface area contributed by atoms with Crippen LogP contribution in [0.3, 0.4) is 0 Å². The van der Waals surface area contributed by atoms with Gasteiger partial charge in [0, 0.05) is 17.6 Å². The first-order valence-electron chi connectivity index (χ1n) is 4.96. The van der Waals surface area contributed by atoms with E-state index in [0.29, 0.717) is 10.8 Å². The van der Waals surface area contributed by atoms with Crippen LogP contribution < -0.4 is 5.32 Å². The van der Waals surface area contributed by atoms with Gasteiger partial charge in [0.2, 0.25) is 5.91 Å². The van der Waals surface area contributed by atoms with Gasteiger partial charge in [0.25, 0.3) is 0 Å². The number of rotatable bonds is 4. The Bertz CT molecular complexity index is 446. The second-order valence-electron chi connectivity index (χ2n) is 4.27. The second-order valence-corrected chi connectivity index (χ2v) is 4.71. The zero-order valence-electron chi connectivity index (χ0n) is 9.53. The molecular weight excluding hydrogens is 244 g/mol. The van der Waals surface area contributed by atoms with E-state index < -0.39 is 17.3 Å². The van der Waals surface area contributed by atoms with Crippen LogP contribution in [0, 0.1) is 5.41 Å². The Morgan fingerprint density at radius 3 is 2.71 bits per heavy atom. The SMILES string of the molecule is CC(C)(CC(=O)Nc1cc(Cl)ccn1)C(=O)O. The van der Waals surface area contributed by atoms with Gasteiger partial charge in [-0.15, -0.1) is 0 Å². The van der Waals surface area contributed by atoms with Gasteiger partial charge in [0.1, 0.15) is 5.82 Å². The van der Waals surface area contributed by atoms with E-state index in [1.165, 1.54) is 26.1 Å². The topological polar surface area (TPSA) is 79.3 Å². The van der Waals surface area contributed by atoms with Gasteiger partial charge >= 0.3 is 5.97 Å². The third-order valence-electron chi connectivity index (χ3n) is 2.17. The molecule has 0 radical (unpaired) electrons. The van der Waals surface area contributed by atoms with Crippen molar-refractivity contribution in [3.8, 4) is 0 Å². The summed E-state index contributed by atoms with van der Waals surface area (Å²) in [5.74, 6) is -1.12. The molecule has 0 aliphatic rings. The molecule has 5 nitrogen and oxygen atoms in total. The summed E-state index contributed by atoms with van der Waals surface area (Å²) >= 11 is 5.73. The summed E-state index contributed by atoms with van der Waals surface area (Å²) in [6.45, 7) is 2.97. The van der Waals surface area contributed by atoms with Crippen molar-refractivity contribution in [3.05, 3.63) is 23.4 Å². The standard InChI is InChI=1S/C11H13ClN2O3/c1-11(2,10(16)17)6-9(15)14-8-5-7(12)3-4-13-8/h3-5H,6H2,1-2H3,(H,16,17)(H,13,14,15). The summed E-state index contributed by atoms with van der Waals surface area (Å²) in [5, 5.41) is 11.8. The van der Waals surface area contributed by atoms with Crippen LogP contribution >= 0.6 is 11.6 Å². The molecule has 0 fully saturated rings. The Hall–Kier alpha value is -1.62. The van der Waals surface area contributed by atoms with E-state index in [9.17, 15) is 9.59 Å². The summed E-state index contributed by atoms with van der Waals surface area (Å²) < 4.78 is 0. The van der Waals surface area contributed by atoms with Crippen LogP contribution in [0.5, 0.6) is 0 Å². The van der Waals surface area contributed by atoms with Crippen molar-refractivity contribution >= 4 is 29.3 Å². The molecule has 17 heavy (non-hydrogen) atoms. The van der Waals surface area contributed by atoms with Crippen LogP contribution in [0.2, 0.25) is 5.02 Å². The molecule has 0 bridgehead atoms. The van der Waals surface area contributed by atoms with E-state index in [4.69, 9.17) is 16.7 Å². The normalized spacial score (nSPS) is 11.0. The summed E-state index contributed by atoms with van der Waals surface area (Å²) in [7, 11) is 0. The number of pyridine rings is 1. The summed E-state index contributed by atoms with van der Waals surface area (Å²) in [5.41, 5.74) is -1.11. The molecule has 0 saturated heterocycles. The fourth-order valence-corrected chi connectivity index (χ4v) is 1.30. The largest absolute Gasteiger partial charge is 0.481 e. The number of hydrogen-bond donors (Lipinski definition) is 2. The lowest BCUT2D eigenvalue weighted by Gasteiger charge is -2.17. The number of carbonyl (C=O) groups excluding carboxylic acids is 1. The van der Waals surface area contributed by atoms with Crippen LogP contribution in [0.15, 0.2) is 18.3 Å². The van der Waals surface area contributed by atoms with Crippen molar-refractivity contribution in [2.45, 2.75) is 20.3 Å². The van der Waals surface area contributed by atoms with Crippen LogP contribution in [0.1, 0.15) is 20.3 Å². The molecule has 0 aromatic carbocycles. The minimum atomic E-state index is -1.11. The molecule has 0 unspecified atom stereocenters. The highest BCUT2D eigenvalue weighted by Crippen LogP contribution is 2.21. The van der Waals surface area contributed by atoms with Crippen LogP contribution in [-0.4, -0.2) is 22.0 Å². The Kier molecular flexibility index (Phi) is 4.07. The third kappa shape index (κ3) is 4.03. The minimum absolute atomic E-state index is 0.128. The van der Waals surface area contributed by atoms with Crippen molar-refractivity contribution in [2.24, 2.45) is 5.41 Å². The van der Waals surface area contributed by atoms with E-state index in [2.05, 4.69) is 10.3 Å². The van der Waals surface area contributed by atoms with E-state index >= 15 is 0 Å². The lowest BCUT2D eigenvalue weighted by molar-refractivity contribution is -0.148. The highest BCUT2D eigenvalue weighted by molar-refractivity contribution is 6.30. The van der Waals surface area contributed by atoms with Crippen molar-refractivity contribution in [1.82, 2.24) is 4.98 Å². The highest BCUT2D eigenvalue weighted by atomic mass is 35.5. The van der Waals surface area contributed by atoms with Crippen LogP contribution in [0.4, 0.5) is 5.82 Å². The number of carboxylic acids is 1. The summed E-state index contributed by atoms with van der Waals surface area (Å²) in [6, 6.07) is 3.08. The molecule has 1 amide bonds. The average Bonchev–Trinajstić information content (AvgIpc) is 2.15. The monoisotopic (exact) mass is 256 g/mol.